The van der Waals surface area contributed by atoms with Gasteiger partial charge in [0.25, 0.3) is 0 Å². The Balaban J connectivity index is 0. The van der Waals surface area contributed by atoms with Gasteiger partial charge in [-0.3, -0.25) is 0 Å². The van der Waals surface area contributed by atoms with Crippen LogP contribution in [0.1, 0.15) is 45.4 Å². The maximum Gasteiger partial charge on any atom is 1.00 e. The molecule has 0 aliphatic rings. The van der Waals surface area contributed by atoms with Crippen LogP contribution >= 0.6 is 11.6 Å². The molecule has 0 aromatic heterocycles. The van der Waals surface area contributed by atoms with Crippen LogP contribution in [-0.2, 0) is 10.1 Å². The van der Waals surface area contributed by atoms with E-state index in [9.17, 15) is 39.3 Å². The van der Waals surface area contributed by atoms with Gasteiger partial charge in [-0.1, -0.05) is 32.6 Å². The molecule has 134 valence electrons. The summed E-state index contributed by atoms with van der Waals surface area (Å²) >= 11 is 5.43. The van der Waals surface area contributed by atoms with Crippen molar-refractivity contribution in [3.05, 3.63) is 0 Å². The number of unbranched alkanes of at least 4 members (excludes halogenated alkanes) is 3. The van der Waals surface area contributed by atoms with Gasteiger partial charge < -0.3 is 4.55 Å². The second-order valence-electron chi connectivity index (χ2n) is 4.90. The summed E-state index contributed by atoms with van der Waals surface area (Å²) in [6.07, 6.45) is 0.547. The topological polar surface area (TPSA) is 57.2 Å². The van der Waals surface area contributed by atoms with Crippen molar-refractivity contribution in [2.24, 2.45) is 0 Å². The van der Waals surface area contributed by atoms with Gasteiger partial charge in [-0.05, 0) is 6.42 Å². The van der Waals surface area contributed by atoms with Crippen LogP contribution < -0.4 is 51.4 Å². The fourth-order valence-electron chi connectivity index (χ4n) is 1.67. The van der Waals surface area contributed by atoms with E-state index in [-0.39, 0.29) is 57.8 Å². The second kappa shape index (κ2) is 9.93. The second-order valence-corrected chi connectivity index (χ2v) is 6.94. The van der Waals surface area contributed by atoms with E-state index in [0.29, 0.717) is 12.8 Å². The van der Waals surface area contributed by atoms with Crippen molar-refractivity contribution < 1.29 is 90.7 Å². The van der Waals surface area contributed by atoms with Crippen LogP contribution in [0.4, 0.5) is 26.3 Å². The Labute approximate surface area is 178 Å². The quantitative estimate of drug-likeness (QED) is 0.178. The first-order valence-electron chi connectivity index (χ1n) is 6.43. The minimum Gasteiger partial charge on any atom is -0.743 e. The van der Waals surface area contributed by atoms with Gasteiger partial charge in [-0.25, -0.2) is 8.42 Å². The standard InChI is InChI=1S/C11H17ClF6O3S.K/c1-2-3-4-5-6-8(12)7-9(13,14)10(15,16)11(17,18)22(19,20)21;/h8H,2-7H2,1H3,(H,19,20,21);/q;+1/p-1. The zero-order valence-electron chi connectivity index (χ0n) is 12.6. The van der Waals surface area contributed by atoms with Crippen molar-refractivity contribution in [2.45, 2.75) is 67.9 Å². The molecular weight excluding hydrogens is 401 g/mol. The van der Waals surface area contributed by atoms with Crippen molar-refractivity contribution in [2.75, 3.05) is 0 Å². The van der Waals surface area contributed by atoms with Crippen LogP contribution in [0.2, 0.25) is 0 Å². The molecule has 0 bridgehead atoms. The summed E-state index contributed by atoms with van der Waals surface area (Å²) < 4.78 is 109. The minimum absolute atomic E-state index is 0. The smallest absolute Gasteiger partial charge is 0.743 e. The van der Waals surface area contributed by atoms with Crippen molar-refractivity contribution in [3.63, 3.8) is 0 Å². The molecule has 0 rings (SSSR count). The fourth-order valence-corrected chi connectivity index (χ4v) is 2.48. The van der Waals surface area contributed by atoms with Crippen LogP contribution in [0, 0.1) is 0 Å². The summed E-state index contributed by atoms with van der Waals surface area (Å²) in [5, 5.41) is -7.98. The van der Waals surface area contributed by atoms with E-state index in [1.165, 1.54) is 0 Å². The zero-order chi connectivity index (χ0) is 17.8. The van der Waals surface area contributed by atoms with Gasteiger partial charge >= 0.3 is 68.5 Å². The molecule has 0 spiro atoms. The molecule has 0 aromatic rings. The van der Waals surface area contributed by atoms with Crippen molar-refractivity contribution in [1.82, 2.24) is 0 Å². The van der Waals surface area contributed by atoms with E-state index in [1.807, 2.05) is 6.92 Å². The predicted molar refractivity (Wildman–Crippen MR) is 67.6 cm³/mol. The van der Waals surface area contributed by atoms with E-state index < -0.39 is 39.0 Å². The van der Waals surface area contributed by atoms with Gasteiger partial charge in [0.15, 0.2) is 10.1 Å². The Morgan fingerprint density at radius 3 is 1.91 bits per heavy atom. The molecule has 0 aromatic carbocycles. The molecule has 3 nitrogen and oxygen atoms in total. The van der Waals surface area contributed by atoms with Crippen LogP contribution in [0.3, 0.4) is 0 Å². The molecule has 23 heavy (non-hydrogen) atoms. The summed E-state index contributed by atoms with van der Waals surface area (Å²) in [4.78, 5) is 0. The van der Waals surface area contributed by atoms with Crippen LogP contribution in [-0.4, -0.2) is 35.4 Å². The molecule has 0 radical (unpaired) electrons. The minimum atomic E-state index is -6.96. The third kappa shape index (κ3) is 6.91. The maximum atomic E-state index is 13.3. The Morgan fingerprint density at radius 2 is 1.52 bits per heavy atom. The molecule has 0 aliphatic heterocycles. The number of rotatable bonds is 10. The number of hydrogen-bond donors (Lipinski definition) is 0. The average molecular weight is 417 g/mol. The molecule has 0 heterocycles. The van der Waals surface area contributed by atoms with E-state index in [2.05, 4.69) is 0 Å². The molecule has 0 fully saturated rings. The van der Waals surface area contributed by atoms with Crippen molar-refractivity contribution >= 4 is 21.7 Å². The van der Waals surface area contributed by atoms with Gasteiger partial charge in [-0.2, -0.15) is 26.3 Å². The molecule has 12 heteroatoms. The summed E-state index contributed by atoms with van der Waals surface area (Å²) in [7, 11) is -6.96. The summed E-state index contributed by atoms with van der Waals surface area (Å²) in [6, 6.07) is 0. The third-order valence-electron chi connectivity index (χ3n) is 2.99. The largest absolute Gasteiger partial charge is 1.00 e. The zero-order valence-corrected chi connectivity index (χ0v) is 17.3. The Morgan fingerprint density at radius 1 is 1.04 bits per heavy atom. The molecule has 1 unspecified atom stereocenters. The van der Waals surface area contributed by atoms with Gasteiger partial charge in [0.1, 0.15) is 0 Å². The van der Waals surface area contributed by atoms with E-state index in [4.69, 9.17) is 11.6 Å². The molecular formula is C11H16ClF6KO3S. The van der Waals surface area contributed by atoms with Crippen LogP contribution in [0.5, 0.6) is 0 Å². The monoisotopic (exact) mass is 416 g/mol. The van der Waals surface area contributed by atoms with Gasteiger partial charge in [0.2, 0.25) is 0 Å². The van der Waals surface area contributed by atoms with E-state index >= 15 is 0 Å². The first-order chi connectivity index (χ1) is 9.70. The first kappa shape index (κ1) is 26.6. The predicted octanol–water partition coefficient (Wildman–Crippen LogP) is 1.37. The maximum absolute atomic E-state index is 13.3. The van der Waals surface area contributed by atoms with Crippen molar-refractivity contribution in [3.8, 4) is 0 Å². The molecule has 0 aliphatic carbocycles. The molecule has 1 atom stereocenters. The van der Waals surface area contributed by atoms with E-state index in [1.54, 1.807) is 0 Å². The number of halogens is 7. The molecule has 0 N–H and O–H groups in total. The van der Waals surface area contributed by atoms with Crippen LogP contribution in [0.15, 0.2) is 0 Å². The number of alkyl halides is 7. The number of hydrogen-bond acceptors (Lipinski definition) is 3. The van der Waals surface area contributed by atoms with Crippen LogP contribution in [0.25, 0.3) is 0 Å². The molecule has 0 saturated heterocycles. The fraction of sp³-hybridized carbons (Fsp3) is 1.00. The molecule has 0 amide bonds. The Hall–Kier alpha value is 1.42. The van der Waals surface area contributed by atoms with E-state index in [0.717, 1.165) is 12.8 Å². The third-order valence-corrected chi connectivity index (χ3v) is 4.24. The SMILES string of the molecule is CCCCCCC(Cl)CC(F)(F)C(F)(F)C(F)(F)S(=O)(=O)[O-].[K+]. The summed E-state index contributed by atoms with van der Waals surface area (Å²) in [6.45, 7) is 1.87. The molecule has 0 saturated carbocycles. The normalized spacial score (nSPS) is 15.2. The summed E-state index contributed by atoms with van der Waals surface area (Å²) in [5.41, 5.74) is 0. The van der Waals surface area contributed by atoms with Gasteiger partial charge in [-0.15, -0.1) is 11.6 Å². The first-order valence-corrected chi connectivity index (χ1v) is 8.28. The summed E-state index contributed by atoms with van der Waals surface area (Å²) in [5.74, 6) is -11.8. The Bertz CT molecular complexity index is 461. The van der Waals surface area contributed by atoms with Gasteiger partial charge in [0, 0.05) is 11.8 Å². The Kier molecular flexibility index (Phi) is 11.5. The van der Waals surface area contributed by atoms with Crippen molar-refractivity contribution in [1.29, 1.82) is 0 Å². The van der Waals surface area contributed by atoms with Gasteiger partial charge in [0.05, 0.1) is 0 Å². The average Bonchev–Trinajstić information content (AvgIpc) is 2.32.